The average Bonchev–Trinajstić information content (AvgIpc) is 2.77. The molecule has 1 fully saturated rings. The summed E-state index contributed by atoms with van der Waals surface area (Å²) in [6.07, 6.45) is 0. The molecule has 0 unspecified atom stereocenters. The summed E-state index contributed by atoms with van der Waals surface area (Å²) < 4.78 is 4.14. The number of nitrogens with two attached hydrogens (primary N) is 1. The number of methoxy groups -OCH3 is 1. The second kappa shape index (κ2) is 13.1. The highest BCUT2D eigenvalue weighted by molar-refractivity contribution is 7.80. The number of amides is 1. The number of nitrogens with zero attached hydrogens (tertiary/aromatic N) is 2. The standard InChI is InChI=1S/C7H12N2OS.C5H9NS.C3H7NO2.ClH/c1-7(2,3)9-5(10)4-8-6(9)11;1-5(2,3)6-4-7;1-6-3(5)2-4;/h4H2,1-3H3,(H,8,11);1-3H3;2,4H2,1H3;1H. The van der Waals surface area contributed by atoms with Crippen LogP contribution < -0.4 is 11.1 Å². The van der Waals surface area contributed by atoms with Gasteiger partial charge in [-0.05, 0) is 66.0 Å². The molecule has 3 N–H and O–H groups in total. The molecule has 1 aliphatic rings. The van der Waals surface area contributed by atoms with Crippen LogP contribution in [0.2, 0.25) is 0 Å². The SMILES string of the molecule is CC(C)(C)N1C(=O)CNC1=S.CC(C)(C)N=C=S.COC(=O)CN.Cl. The number of rotatable bonds is 1. The van der Waals surface area contributed by atoms with E-state index < -0.39 is 0 Å². The third-order valence-corrected chi connectivity index (χ3v) is 2.71. The smallest absolute Gasteiger partial charge is 0.319 e. The van der Waals surface area contributed by atoms with E-state index in [9.17, 15) is 9.59 Å². The summed E-state index contributed by atoms with van der Waals surface area (Å²) in [5.41, 5.74) is 4.57. The van der Waals surface area contributed by atoms with Crippen LogP contribution in [-0.2, 0) is 14.3 Å². The highest BCUT2D eigenvalue weighted by Crippen LogP contribution is 2.16. The number of carbonyl (C=O) groups is 2. The van der Waals surface area contributed by atoms with Gasteiger partial charge >= 0.3 is 5.97 Å². The average molecular weight is 413 g/mol. The summed E-state index contributed by atoms with van der Waals surface area (Å²) in [5, 5.41) is 5.69. The summed E-state index contributed by atoms with van der Waals surface area (Å²) >= 11 is 9.34. The van der Waals surface area contributed by atoms with Gasteiger partial charge in [-0.15, -0.1) is 12.4 Å². The normalized spacial score (nSPS) is 13.0. The molecule has 1 aliphatic heterocycles. The fourth-order valence-corrected chi connectivity index (χ4v) is 2.04. The van der Waals surface area contributed by atoms with Crippen LogP contribution >= 0.6 is 36.8 Å². The van der Waals surface area contributed by atoms with Crippen molar-refractivity contribution in [1.29, 1.82) is 0 Å². The third-order valence-electron chi connectivity index (χ3n) is 2.29. The minimum absolute atomic E-state index is 0. The Kier molecular flexibility index (Phi) is 15.1. The number of isothiocyanates is 1. The maximum Gasteiger partial charge on any atom is 0.319 e. The number of carbonyl (C=O) groups excluding carboxylic acids is 2. The molecule has 0 aromatic heterocycles. The topological polar surface area (TPSA) is 97.0 Å². The lowest BCUT2D eigenvalue weighted by Gasteiger charge is -2.30. The lowest BCUT2D eigenvalue weighted by Crippen LogP contribution is -2.45. The zero-order valence-electron chi connectivity index (χ0n) is 15.8. The molecule has 10 heteroatoms. The van der Waals surface area contributed by atoms with E-state index in [1.54, 1.807) is 4.90 Å². The third kappa shape index (κ3) is 14.9. The van der Waals surface area contributed by atoms with Gasteiger partial charge in [0.15, 0.2) is 5.11 Å². The molecule has 0 saturated carbocycles. The van der Waals surface area contributed by atoms with Crippen molar-refractivity contribution in [2.24, 2.45) is 10.7 Å². The molecule has 1 amide bonds. The van der Waals surface area contributed by atoms with E-state index in [1.165, 1.54) is 7.11 Å². The zero-order chi connectivity index (χ0) is 19.6. The van der Waals surface area contributed by atoms with Gasteiger partial charge in [-0.2, -0.15) is 0 Å². The number of halogens is 1. The molecule has 7 nitrogen and oxygen atoms in total. The Morgan fingerprint density at radius 3 is 1.92 bits per heavy atom. The number of ether oxygens (including phenoxy) is 1. The van der Waals surface area contributed by atoms with Crippen molar-refractivity contribution >= 4 is 59.0 Å². The molecule has 0 bridgehead atoms. The van der Waals surface area contributed by atoms with Crippen molar-refractivity contribution in [1.82, 2.24) is 10.2 Å². The molecule has 25 heavy (non-hydrogen) atoms. The number of esters is 1. The molecule has 0 atom stereocenters. The van der Waals surface area contributed by atoms with E-state index >= 15 is 0 Å². The first-order chi connectivity index (χ1) is 10.8. The molecular formula is C15H29ClN4O3S2. The zero-order valence-corrected chi connectivity index (χ0v) is 18.3. The van der Waals surface area contributed by atoms with E-state index in [-0.39, 0.29) is 41.9 Å². The van der Waals surface area contributed by atoms with Gasteiger partial charge in [0.05, 0.1) is 30.9 Å². The Hall–Kier alpha value is -1.12. The van der Waals surface area contributed by atoms with E-state index in [0.29, 0.717) is 11.7 Å². The van der Waals surface area contributed by atoms with Crippen molar-refractivity contribution in [2.45, 2.75) is 52.6 Å². The Bertz CT molecular complexity index is 474. The van der Waals surface area contributed by atoms with Crippen LogP contribution in [0.15, 0.2) is 4.99 Å². The fraction of sp³-hybridized carbons (Fsp3) is 0.733. The summed E-state index contributed by atoms with van der Waals surface area (Å²) in [7, 11) is 1.30. The van der Waals surface area contributed by atoms with E-state index in [1.807, 2.05) is 41.5 Å². The predicted molar refractivity (Wildman–Crippen MR) is 110 cm³/mol. The number of thiocarbonyl (C=S) groups is 2. The number of hydrogen-bond donors (Lipinski definition) is 2. The van der Waals surface area contributed by atoms with Crippen LogP contribution in [0, 0.1) is 0 Å². The molecule has 0 aromatic rings. The minimum atomic E-state index is -0.380. The van der Waals surface area contributed by atoms with Crippen LogP contribution in [0.1, 0.15) is 41.5 Å². The van der Waals surface area contributed by atoms with Gasteiger partial charge in [-0.3, -0.25) is 14.5 Å². The molecule has 1 saturated heterocycles. The highest BCUT2D eigenvalue weighted by Gasteiger charge is 2.34. The largest absolute Gasteiger partial charge is 0.468 e. The first-order valence-corrected chi connectivity index (χ1v) is 8.08. The maximum atomic E-state index is 11.2. The van der Waals surface area contributed by atoms with Crippen molar-refractivity contribution < 1.29 is 14.3 Å². The number of nitrogens with one attached hydrogen (secondary N) is 1. The van der Waals surface area contributed by atoms with E-state index in [0.717, 1.165) is 0 Å². The monoisotopic (exact) mass is 412 g/mol. The Balaban J connectivity index is -0.000000304. The molecular weight excluding hydrogens is 384 g/mol. The van der Waals surface area contributed by atoms with E-state index in [2.05, 4.69) is 32.4 Å². The highest BCUT2D eigenvalue weighted by atomic mass is 35.5. The van der Waals surface area contributed by atoms with Crippen molar-refractivity contribution in [3.63, 3.8) is 0 Å². The quantitative estimate of drug-likeness (QED) is 0.385. The van der Waals surface area contributed by atoms with Gasteiger partial charge in [0.25, 0.3) is 0 Å². The molecule has 146 valence electrons. The molecule has 0 aromatic carbocycles. The first-order valence-electron chi connectivity index (χ1n) is 7.27. The first kappa shape index (κ1) is 28.7. The van der Waals surface area contributed by atoms with Gasteiger partial charge in [0, 0.05) is 5.54 Å². The van der Waals surface area contributed by atoms with Crippen LogP contribution in [0.4, 0.5) is 0 Å². The van der Waals surface area contributed by atoms with Crippen LogP contribution in [0.3, 0.4) is 0 Å². The van der Waals surface area contributed by atoms with Gasteiger partial charge < -0.3 is 15.8 Å². The van der Waals surface area contributed by atoms with Crippen LogP contribution in [-0.4, -0.2) is 58.3 Å². The minimum Gasteiger partial charge on any atom is -0.468 e. The van der Waals surface area contributed by atoms with Crippen LogP contribution in [0.5, 0.6) is 0 Å². The second-order valence-corrected chi connectivity index (χ2v) is 7.28. The van der Waals surface area contributed by atoms with Crippen molar-refractivity contribution in [3.8, 4) is 0 Å². The lowest BCUT2D eigenvalue weighted by molar-refractivity contribution is -0.138. The summed E-state index contributed by atoms with van der Waals surface area (Å²) in [5.74, 6) is -0.322. The molecule has 0 aliphatic carbocycles. The Labute approximate surface area is 167 Å². The molecule has 0 spiro atoms. The van der Waals surface area contributed by atoms with Gasteiger partial charge in [0.2, 0.25) is 5.91 Å². The summed E-state index contributed by atoms with van der Waals surface area (Å²) in [6, 6.07) is 0. The summed E-state index contributed by atoms with van der Waals surface area (Å²) in [4.78, 5) is 26.5. The maximum absolute atomic E-state index is 11.2. The second-order valence-electron chi connectivity index (χ2n) is 6.71. The molecule has 1 rings (SSSR count). The van der Waals surface area contributed by atoms with Crippen molar-refractivity contribution in [3.05, 3.63) is 0 Å². The fourth-order valence-electron chi connectivity index (χ4n) is 1.32. The molecule has 0 radical (unpaired) electrons. The summed E-state index contributed by atoms with van der Waals surface area (Å²) in [6.45, 7) is 12.1. The van der Waals surface area contributed by atoms with E-state index in [4.69, 9.17) is 18.0 Å². The predicted octanol–water partition coefficient (Wildman–Crippen LogP) is 1.93. The van der Waals surface area contributed by atoms with Gasteiger partial charge in [-0.1, -0.05) is 0 Å². The Morgan fingerprint density at radius 1 is 1.36 bits per heavy atom. The van der Waals surface area contributed by atoms with Gasteiger partial charge in [-0.25, -0.2) is 4.99 Å². The number of aliphatic imine (C=N–C) groups is 1. The number of hydrogen-bond acceptors (Lipinski definition) is 7. The lowest BCUT2D eigenvalue weighted by atomic mass is 10.1. The van der Waals surface area contributed by atoms with Crippen LogP contribution in [0.25, 0.3) is 0 Å². The van der Waals surface area contributed by atoms with Crippen molar-refractivity contribution in [2.75, 3.05) is 20.2 Å². The van der Waals surface area contributed by atoms with Gasteiger partial charge in [0.1, 0.15) is 0 Å². The Morgan fingerprint density at radius 2 is 1.84 bits per heavy atom. The molecule has 1 heterocycles.